The number of benzene rings is 7. The normalized spacial score (nSPS) is 14.9. The van der Waals surface area contributed by atoms with Gasteiger partial charge in [-0.3, -0.25) is 0 Å². The standard InChI is InChI=1S/C56H48BN3O/c1-3-20-43(4-2)58(44-26-12-7-13-27-44)46-29-19-30-47(38-46)59-50-33-16-15-32-49(50)57-54-51(59)36-42(40-23-10-6-11-24-40)37-52(54)60(55-48-31-14-17-34-53(48)61-56(55)57)45-28-18-25-41(35-45)39-21-8-5-9-22-39/h3-5,7-9,12-22,25-38,40H,6,10-11,23-24H2,1-2H3/b20-3-,43-4+. The summed E-state index contributed by atoms with van der Waals surface area (Å²) in [7, 11) is 0. The van der Waals surface area contributed by atoms with Crippen LogP contribution in [0.4, 0.5) is 45.5 Å². The Labute approximate surface area is 359 Å². The van der Waals surface area contributed by atoms with Crippen molar-refractivity contribution in [2.75, 3.05) is 14.7 Å². The van der Waals surface area contributed by atoms with Crippen LogP contribution in [0.2, 0.25) is 0 Å². The number of para-hydroxylation sites is 3. The SMILES string of the molecule is C/C=C\C(=C/C)N(c1ccccc1)c1cccc(N2c3ccccc3B3c4oc5ccccc5c4N(c4cccc(-c5ccccc5)c4)c4cc(C5CCCCC5)cc2c43)c1. The zero-order valence-corrected chi connectivity index (χ0v) is 34.8. The van der Waals surface area contributed by atoms with Crippen LogP contribution in [0.25, 0.3) is 22.1 Å². The van der Waals surface area contributed by atoms with E-state index in [4.69, 9.17) is 4.42 Å². The van der Waals surface area contributed by atoms with Gasteiger partial charge in [-0.2, -0.15) is 0 Å². The monoisotopic (exact) mass is 789 g/mol. The van der Waals surface area contributed by atoms with Crippen LogP contribution in [-0.4, -0.2) is 6.71 Å². The lowest BCUT2D eigenvalue weighted by Crippen LogP contribution is -2.61. The first-order valence-electron chi connectivity index (χ1n) is 22.0. The van der Waals surface area contributed by atoms with E-state index >= 15 is 0 Å². The molecule has 61 heavy (non-hydrogen) atoms. The lowest BCUT2D eigenvalue weighted by Gasteiger charge is -2.43. The Kier molecular flexibility index (Phi) is 9.46. The van der Waals surface area contributed by atoms with E-state index in [-0.39, 0.29) is 6.71 Å². The third-order valence-corrected chi connectivity index (χ3v) is 13.0. The average Bonchev–Trinajstić information content (AvgIpc) is 3.71. The number of rotatable bonds is 8. The predicted octanol–water partition coefficient (Wildman–Crippen LogP) is 13.8. The van der Waals surface area contributed by atoms with Gasteiger partial charge in [-0.05, 0) is 139 Å². The van der Waals surface area contributed by atoms with Gasteiger partial charge in [0.2, 0.25) is 0 Å². The van der Waals surface area contributed by atoms with Crippen molar-refractivity contribution in [3.63, 3.8) is 0 Å². The number of allylic oxidation sites excluding steroid dienone is 3. The van der Waals surface area contributed by atoms with Crippen LogP contribution in [0.5, 0.6) is 0 Å². The molecule has 0 bridgehead atoms. The molecule has 0 saturated heterocycles. The van der Waals surface area contributed by atoms with Crippen molar-refractivity contribution in [3.8, 4) is 11.1 Å². The van der Waals surface area contributed by atoms with Crippen LogP contribution >= 0.6 is 0 Å². The fourth-order valence-electron chi connectivity index (χ4n) is 10.3. The van der Waals surface area contributed by atoms with Crippen molar-refractivity contribution < 1.29 is 4.42 Å². The van der Waals surface area contributed by atoms with Gasteiger partial charge in [0.25, 0.3) is 6.71 Å². The van der Waals surface area contributed by atoms with Crippen LogP contribution in [0.3, 0.4) is 0 Å². The fourth-order valence-corrected chi connectivity index (χ4v) is 10.3. The van der Waals surface area contributed by atoms with Gasteiger partial charge in [0.05, 0.1) is 11.3 Å². The Hall–Kier alpha value is -6.98. The molecule has 0 amide bonds. The van der Waals surface area contributed by atoms with Crippen molar-refractivity contribution in [2.45, 2.75) is 51.9 Å². The zero-order chi connectivity index (χ0) is 40.9. The third kappa shape index (κ3) is 6.30. The second-order valence-electron chi connectivity index (χ2n) is 16.6. The molecule has 7 aromatic carbocycles. The molecule has 5 heteroatoms. The van der Waals surface area contributed by atoms with E-state index in [2.05, 4.69) is 217 Å². The van der Waals surface area contributed by atoms with Crippen LogP contribution in [0, 0.1) is 0 Å². The summed E-state index contributed by atoms with van der Waals surface area (Å²) in [5.74, 6) is 0.491. The lowest BCUT2D eigenvalue weighted by molar-refractivity contribution is 0.444. The number of anilines is 8. The van der Waals surface area contributed by atoms with E-state index in [1.54, 1.807) is 0 Å². The molecule has 1 aromatic heterocycles. The Morgan fingerprint density at radius 3 is 2.05 bits per heavy atom. The van der Waals surface area contributed by atoms with Gasteiger partial charge in [-0.25, -0.2) is 0 Å². The molecule has 11 rings (SSSR count). The predicted molar refractivity (Wildman–Crippen MR) is 259 cm³/mol. The van der Waals surface area contributed by atoms with Crippen molar-refractivity contribution in [1.29, 1.82) is 0 Å². The highest BCUT2D eigenvalue weighted by molar-refractivity contribution is 7.00. The van der Waals surface area contributed by atoms with E-state index in [0.29, 0.717) is 5.92 Å². The average molecular weight is 790 g/mol. The zero-order valence-electron chi connectivity index (χ0n) is 34.8. The molecule has 1 aliphatic carbocycles. The number of furan rings is 1. The molecule has 0 N–H and O–H groups in total. The van der Waals surface area contributed by atoms with E-state index in [9.17, 15) is 0 Å². The molecule has 3 aliphatic rings. The van der Waals surface area contributed by atoms with Crippen molar-refractivity contribution in [1.82, 2.24) is 0 Å². The molecule has 3 heterocycles. The Bertz CT molecular complexity index is 2960. The minimum absolute atomic E-state index is 0.0952. The van der Waals surface area contributed by atoms with E-state index in [1.165, 1.54) is 76.8 Å². The maximum atomic E-state index is 7.13. The van der Waals surface area contributed by atoms with Crippen molar-refractivity contribution in [3.05, 3.63) is 199 Å². The number of hydrogen-bond acceptors (Lipinski definition) is 4. The molecular weight excluding hydrogens is 741 g/mol. The highest BCUT2D eigenvalue weighted by Gasteiger charge is 2.47. The quantitative estimate of drug-likeness (QED) is 0.113. The summed E-state index contributed by atoms with van der Waals surface area (Å²) in [6, 6.07) is 62.3. The van der Waals surface area contributed by atoms with Gasteiger partial charge in [0, 0.05) is 50.9 Å². The largest absolute Gasteiger partial charge is 0.468 e. The van der Waals surface area contributed by atoms with Crippen LogP contribution in [0.15, 0.2) is 198 Å². The molecule has 4 nitrogen and oxygen atoms in total. The van der Waals surface area contributed by atoms with E-state index in [0.717, 1.165) is 50.8 Å². The first-order chi connectivity index (χ1) is 30.2. The maximum absolute atomic E-state index is 7.13. The molecule has 0 unspecified atom stereocenters. The Morgan fingerprint density at radius 2 is 1.26 bits per heavy atom. The smallest absolute Gasteiger partial charge is 0.297 e. The fraction of sp³-hybridized carbons (Fsp3) is 0.143. The molecule has 1 saturated carbocycles. The van der Waals surface area contributed by atoms with Gasteiger partial charge in [-0.1, -0.05) is 128 Å². The molecule has 0 spiro atoms. The minimum Gasteiger partial charge on any atom is -0.468 e. The van der Waals surface area contributed by atoms with Gasteiger partial charge >= 0.3 is 0 Å². The number of nitrogens with zero attached hydrogens (tertiary/aromatic N) is 3. The first kappa shape index (κ1) is 37.1. The molecular formula is C56H48BN3O. The summed E-state index contributed by atoms with van der Waals surface area (Å²) in [6.07, 6.45) is 12.8. The summed E-state index contributed by atoms with van der Waals surface area (Å²) in [4.78, 5) is 7.43. The summed E-state index contributed by atoms with van der Waals surface area (Å²) in [6.45, 7) is 4.11. The molecule has 8 aromatic rings. The highest BCUT2D eigenvalue weighted by Crippen LogP contribution is 2.49. The van der Waals surface area contributed by atoms with Gasteiger partial charge in [-0.15, -0.1) is 0 Å². The van der Waals surface area contributed by atoms with Gasteiger partial charge < -0.3 is 19.1 Å². The lowest BCUT2D eigenvalue weighted by atomic mass is 9.35. The van der Waals surface area contributed by atoms with E-state index < -0.39 is 0 Å². The topological polar surface area (TPSA) is 22.9 Å². The molecule has 296 valence electrons. The minimum atomic E-state index is -0.0952. The highest BCUT2D eigenvalue weighted by atomic mass is 16.3. The molecule has 0 radical (unpaired) electrons. The number of fused-ring (bicyclic) bond motifs is 6. The summed E-state index contributed by atoms with van der Waals surface area (Å²) in [5.41, 5.74) is 18.6. The second kappa shape index (κ2) is 15.6. The Balaban J connectivity index is 1.19. The molecule has 2 aliphatic heterocycles. The van der Waals surface area contributed by atoms with Crippen molar-refractivity contribution in [2.24, 2.45) is 0 Å². The third-order valence-electron chi connectivity index (χ3n) is 13.0. The number of hydrogen-bond donors (Lipinski definition) is 0. The molecule has 0 atom stereocenters. The summed E-state index contributed by atoms with van der Waals surface area (Å²) in [5, 5.41) is 1.13. The van der Waals surface area contributed by atoms with Crippen LogP contribution < -0.4 is 31.3 Å². The van der Waals surface area contributed by atoms with Gasteiger partial charge in [0.1, 0.15) is 5.58 Å². The second-order valence-corrected chi connectivity index (χ2v) is 16.6. The maximum Gasteiger partial charge on any atom is 0.297 e. The molecule has 1 fully saturated rings. The first-order valence-corrected chi connectivity index (χ1v) is 22.0. The van der Waals surface area contributed by atoms with Crippen molar-refractivity contribution >= 4 is 79.8 Å². The van der Waals surface area contributed by atoms with Crippen LogP contribution in [0.1, 0.15) is 57.4 Å². The van der Waals surface area contributed by atoms with Crippen LogP contribution in [-0.2, 0) is 0 Å². The summed E-state index contributed by atoms with van der Waals surface area (Å²) >= 11 is 0. The summed E-state index contributed by atoms with van der Waals surface area (Å²) < 4.78 is 7.13. The van der Waals surface area contributed by atoms with Gasteiger partial charge in [0.15, 0.2) is 0 Å². The van der Waals surface area contributed by atoms with E-state index in [1.807, 2.05) is 0 Å². The Morgan fingerprint density at radius 1 is 0.607 bits per heavy atom.